The number of carbonyl (C=O) groups is 1. The van der Waals surface area contributed by atoms with Crippen molar-refractivity contribution in [2.45, 2.75) is 0 Å². The molecule has 18 heavy (non-hydrogen) atoms. The quantitative estimate of drug-likeness (QED) is 0.525. The molecule has 108 valence electrons. The van der Waals surface area contributed by atoms with E-state index >= 15 is 0 Å². The molecule has 1 aliphatic heterocycles. The number of methoxy groups -OCH3 is 1. The van der Waals surface area contributed by atoms with Gasteiger partial charge < -0.3 is 24.8 Å². The van der Waals surface area contributed by atoms with Crippen LogP contribution in [0.2, 0.25) is 0 Å². The van der Waals surface area contributed by atoms with Crippen LogP contribution in [0.5, 0.6) is 0 Å². The van der Waals surface area contributed by atoms with Gasteiger partial charge in [0.15, 0.2) is 0 Å². The normalized spacial score (nSPS) is 14.7. The molecule has 0 spiro atoms. The van der Waals surface area contributed by atoms with Crippen LogP contribution in [0.1, 0.15) is 0 Å². The van der Waals surface area contributed by atoms with Crippen LogP contribution in [0.15, 0.2) is 0 Å². The Hall–Kier alpha value is -0.400. The molecule has 0 aromatic carbocycles. The van der Waals surface area contributed by atoms with Crippen molar-refractivity contribution < 1.29 is 19.0 Å². The highest BCUT2D eigenvalue weighted by Crippen LogP contribution is 2.01. The lowest BCUT2D eigenvalue weighted by molar-refractivity contribution is -0.126. The van der Waals surface area contributed by atoms with Crippen LogP contribution in [0, 0.1) is 5.92 Å². The number of nitrogens with one attached hydrogen (secondary N) is 2. The first-order valence-electron chi connectivity index (χ1n) is 5.97. The number of carbonyl (C=O) groups excluding carboxylic acids is 1. The van der Waals surface area contributed by atoms with E-state index < -0.39 is 0 Å². The van der Waals surface area contributed by atoms with Gasteiger partial charge in [0.1, 0.15) is 0 Å². The minimum atomic E-state index is 0. The molecule has 1 aliphatic rings. The average molecular weight is 283 g/mol. The van der Waals surface area contributed by atoms with Crippen molar-refractivity contribution in [2.24, 2.45) is 5.92 Å². The van der Waals surface area contributed by atoms with Gasteiger partial charge in [-0.25, -0.2) is 0 Å². The molecule has 6 nitrogen and oxygen atoms in total. The van der Waals surface area contributed by atoms with Gasteiger partial charge in [0, 0.05) is 26.7 Å². The summed E-state index contributed by atoms with van der Waals surface area (Å²) < 4.78 is 15.4. The van der Waals surface area contributed by atoms with Crippen molar-refractivity contribution in [3.63, 3.8) is 0 Å². The third-order valence-corrected chi connectivity index (χ3v) is 2.50. The van der Waals surface area contributed by atoms with Gasteiger partial charge >= 0.3 is 0 Å². The molecule has 0 radical (unpaired) electrons. The highest BCUT2D eigenvalue weighted by atomic mass is 35.5. The van der Waals surface area contributed by atoms with E-state index in [0.717, 1.165) is 13.1 Å². The number of ether oxygens (including phenoxy) is 3. The number of halogens is 1. The van der Waals surface area contributed by atoms with Crippen LogP contribution in [-0.2, 0) is 19.0 Å². The third-order valence-electron chi connectivity index (χ3n) is 2.50. The zero-order chi connectivity index (χ0) is 12.3. The average Bonchev–Trinajstić information content (AvgIpc) is 2.24. The Morgan fingerprint density at radius 2 is 1.78 bits per heavy atom. The Morgan fingerprint density at radius 1 is 1.17 bits per heavy atom. The van der Waals surface area contributed by atoms with Crippen LogP contribution in [0.4, 0.5) is 0 Å². The van der Waals surface area contributed by atoms with Gasteiger partial charge in [-0.2, -0.15) is 0 Å². The molecule has 0 aliphatic carbocycles. The predicted molar refractivity (Wildman–Crippen MR) is 70.1 cm³/mol. The maximum absolute atomic E-state index is 11.4. The van der Waals surface area contributed by atoms with Gasteiger partial charge in [-0.3, -0.25) is 4.79 Å². The number of hydrogen-bond acceptors (Lipinski definition) is 5. The van der Waals surface area contributed by atoms with Crippen LogP contribution < -0.4 is 10.6 Å². The first kappa shape index (κ1) is 17.6. The van der Waals surface area contributed by atoms with Crippen molar-refractivity contribution in [1.82, 2.24) is 10.6 Å². The highest BCUT2D eigenvalue weighted by Gasteiger charge is 2.23. The second-order valence-corrected chi connectivity index (χ2v) is 3.86. The standard InChI is InChI=1S/C11H22N2O4.ClH/c1-15-4-5-17-7-6-16-3-2-13-11(14)10-8-12-9-10;/h10,12H,2-9H2,1H3,(H,13,14);1H. The Morgan fingerprint density at radius 3 is 2.33 bits per heavy atom. The molecule has 2 N–H and O–H groups in total. The summed E-state index contributed by atoms with van der Waals surface area (Å²) in [6.07, 6.45) is 0. The van der Waals surface area contributed by atoms with Gasteiger partial charge in [-0.15, -0.1) is 12.4 Å². The second kappa shape index (κ2) is 11.7. The molecule has 1 saturated heterocycles. The zero-order valence-electron chi connectivity index (χ0n) is 10.8. The van der Waals surface area contributed by atoms with Gasteiger partial charge in [0.25, 0.3) is 0 Å². The Labute approximate surface area is 114 Å². The van der Waals surface area contributed by atoms with E-state index in [1.165, 1.54) is 0 Å². The molecule has 0 aromatic rings. The van der Waals surface area contributed by atoms with Gasteiger partial charge in [-0.05, 0) is 0 Å². The lowest BCUT2D eigenvalue weighted by Crippen LogP contribution is -2.51. The summed E-state index contributed by atoms with van der Waals surface area (Å²) in [4.78, 5) is 11.4. The highest BCUT2D eigenvalue weighted by molar-refractivity contribution is 5.85. The van der Waals surface area contributed by atoms with E-state index in [4.69, 9.17) is 14.2 Å². The SMILES string of the molecule is COCCOCCOCCNC(=O)C1CNC1.Cl. The first-order chi connectivity index (χ1) is 8.34. The third kappa shape index (κ3) is 7.84. The Kier molecular flexibility index (Phi) is 11.4. The summed E-state index contributed by atoms with van der Waals surface area (Å²) >= 11 is 0. The monoisotopic (exact) mass is 282 g/mol. The molecule has 0 saturated carbocycles. The summed E-state index contributed by atoms with van der Waals surface area (Å²) in [5, 5.41) is 5.89. The zero-order valence-corrected chi connectivity index (χ0v) is 11.6. The largest absolute Gasteiger partial charge is 0.382 e. The molecule has 1 fully saturated rings. The summed E-state index contributed by atoms with van der Waals surface area (Å²) in [5.41, 5.74) is 0. The van der Waals surface area contributed by atoms with Crippen LogP contribution >= 0.6 is 12.4 Å². The van der Waals surface area contributed by atoms with Crippen molar-refractivity contribution >= 4 is 18.3 Å². The van der Waals surface area contributed by atoms with Gasteiger partial charge in [0.2, 0.25) is 5.91 Å². The Bertz CT molecular complexity index is 215. The molecule has 7 heteroatoms. The van der Waals surface area contributed by atoms with E-state index in [-0.39, 0.29) is 24.2 Å². The maximum atomic E-state index is 11.4. The Balaban J connectivity index is 0.00000289. The molecule has 0 bridgehead atoms. The van der Waals surface area contributed by atoms with E-state index in [1.54, 1.807) is 7.11 Å². The molecule has 1 amide bonds. The number of amides is 1. The first-order valence-corrected chi connectivity index (χ1v) is 5.97. The lowest BCUT2D eigenvalue weighted by atomic mass is 10.0. The molecule has 0 unspecified atom stereocenters. The molecular weight excluding hydrogens is 260 g/mol. The lowest BCUT2D eigenvalue weighted by Gasteiger charge is -2.25. The van der Waals surface area contributed by atoms with Crippen molar-refractivity contribution in [3.05, 3.63) is 0 Å². The smallest absolute Gasteiger partial charge is 0.225 e. The van der Waals surface area contributed by atoms with Crippen LogP contribution in [0.3, 0.4) is 0 Å². The minimum absolute atomic E-state index is 0. The number of rotatable bonds is 10. The number of hydrogen-bond donors (Lipinski definition) is 2. The van der Waals surface area contributed by atoms with Crippen LogP contribution in [-0.4, -0.2) is 65.7 Å². The summed E-state index contributed by atoms with van der Waals surface area (Å²) in [6.45, 7) is 4.97. The summed E-state index contributed by atoms with van der Waals surface area (Å²) in [6, 6.07) is 0. The van der Waals surface area contributed by atoms with E-state index in [0.29, 0.717) is 39.6 Å². The maximum Gasteiger partial charge on any atom is 0.225 e. The second-order valence-electron chi connectivity index (χ2n) is 3.86. The van der Waals surface area contributed by atoms with Gasteiger partial charge in [0.05, 0.1) is 39.0 Å². The molecule has 0 aromatic heterocycles. The fraction of sp³-hybridized carbons (Fsp3) is 0.909. The topological polar surface area (TPSA) is 68.8 Å². The van der Waals surface area contributed by atoms with Crippen LogP contribution in [0.25, 0.3) is 0 Å². The van der Waals surface area contributed by atoms with E-state index in [2.05, 4.69) is 10.6 Å². The summed E-state index contributed by atoms with van der Waals surface area (Å²) in [5.74, 6) is 0.260. The predicted octanol–water partition coefficient (Wildman–Crippen LogP) is -0.577. The van der Waals surface area contributed by atoms with Crippen molar-refractivity contribution in [2.75, 3.05) is 59.8 Å². The van der Waals surface area contributed by atoms with Gasteiger partial charge in [-0.1, -0.05) is 0 Å². The molecule has 0 atom stereocenters. The van der Waals surface area contributed by atoms with Crippen molar-refractivity contribution in [3.8, 4) is 0 Å². The molecule has 1 heterocycles. The van der Waals surface area contributed by atoms with Crippen molar-refractivity contribution in [1.29, 1.82) is 0 Å². The fourth-order valence-electron chi connectivity index (χ4n) is 1.33. The van der Waals surface area contributed by atoms with E-state index in [9.17, 15) is 4.79 Å². The molecular formula is C11H23ClN2O4. The summed E-state index contributed by atoms with van der Waals surface area (Å²) in [7, 11) is 1.64. The minimum Gasteiger partial charge on any atom is -0.382 e. The fourth-order valence-corrected chi connectivity index (χ4v) is 1.33. The molecule has 1 rings (SSSR count). The van der Waals surface area contributed by atoms with E-state index in [1.807, 2.05) is 0 Å².